The molecule has 0 fully saturated rings. The summed E-state index contributed by atoms with van der Waals surface area (Å²) in [5.41, 5.74) is 0.594. The van der Waals surface area contributed by atoms with E-state index in [0.717, 1.165) is 12.5 Å². The van der Waals surface area contributed by atoms with Gasteiger partial charge >= 0.3 is 0 Å². The monoisotopic (exact) mass is 276 g/mol. The Kier molecular flexibility index (Phi) is 4.71. The van der Waals surface area contributed by atoms with Crippen LogP contribution in [-0.2, 0) is 6.42 Å². The van der Waals surface area contributed by atoms with Crippen molar-refractivity contribution < 1.29 is 8.78 Å². The topological polar surface area (TPSA) is 0 Å². The van der Waals surface area contributed by atoms with Crippen LogP contribution < -0.4 is 0 Å². The number of benzene rings is 1. The Balaban J connectivity index is 2.64. The SMILES string of the molecule is CC(Br)CC(C)Cc1ccc(F)cc1F. The van der Waals surface area contributed by atoms with Gasteiger partial charge in [0.05, 0.1) is 0 Å². The van der Waals surface area contributed by atoms with E-state index in [2.05, 4.69) is 29.8 Å². The highest BCUT2D eigenvalue weighted by Crippen LogP contribution is 2.19. The van der Waals surface area contributed by atoms with Crippen molar-refractivity contribution in [1.29, 1.82) is 0 Å². The first-order chi connectivity index (χ1) is 6.99. The lowest BCUT2D eigenvalue weighted by molar-refractivity contribution is 0.506. The van der Waals surface area contributed by atoms with E-state index in [9.17, 15) is 8.78 Å². The van der Waals surface area contributed by atoms with Gasteiger partial charge in [0.1, 0.15) is 11.6 Å². The third kappa shape index (κ3) is 4.29. The normalized spacial score (nSPS) is 15.0. The maximum atomic E-state index is 13.3. The fourth-order valence-electron chi connectivity index (χ4n) is 1.70. The van der Waals surface area contributed by atoms with Gasteiger partial charge in [-0.1, -0.05) is 35.8 Å². The molecule has 0 heterocycles. The van der Waals surface area contributed by atoms with Crippen LogP contribution in [0.2, 0.25) is 0 Å². The number of halogens is 3. The number of alkyl halides is 1. The van der Waals surface area contributed by atoms with Crippen LogP contribution in [0.15, 0.2) is 18.2 Å². The zero-order valence-corrected chi connectivity index (χ0v) is 10.5. The molecule has 0 saturated carbocycles. The molecule has 0 radical (unpaired) electrons. The van der Waals surface area contributed by atoms with Crippen LogP contribution in [0.25, 0.3) is 0 Å². The minimum absolute atomic E-state index is 0.388. The van der Waals surface area contributed by atoms with E-state index in [0.29, 0.717) is 22.7 Å². The van der Waals surface area contributed by atoms with Crippen LogP contribution in [0.4, 0.5) is 8.78 Å². The molecule has 1 rings (SSSR count). The first-order valence-corrected chi connectivity index (χ1v) is 5.98. The second-order valence-corrected chi connectivity index (χ2v) is 5.62. The quantitative estimate of drug-likeness (QED) is 0.719. The van der Waals surface area contributed by atoms with Gasteiger partial charge in [-0.2, -0.15) is 0 Å². The van der Waals surface area contributed by atoms with Gasteiger partial charge in [-0.25, -0.2) is 8.78 Å². The fraction of sp³-hybridized carbons (Fsp3) is 0.500. The van der Waals surface area contributed by atoms with E-state index in [4.69, 9.17) is 0 Å². The van der Waals surface area contributed by atoms with Crippen molar-refractivity contribution in [1.82, 2.24) is 0 Å². The Morgan fingerprint density at radius 3 is 2.47 bits per heavy atom. The molecule has 1 aromatic carbocycles. The lowest BCUT2D eigenvalue weighted by Crippen LogP contribution is -2.06. The Morgan fingerprint density at radius 1 is 1.27 bits per heavy atom. The molecule has 1 aromatic rings. The smallest absolute Gasteiger partial charge is 0.129 e. The van der Waals surface area contributed by atoms with Crippen molar-refractivity contribution in [3.05, 3.63) is 35.4 Å². The average Bonchev–Trinajstić information content (AvgIpc) is 2.08. The molecule has 0 aliphatic rings. The molecule has 0 N–H and O–H groups in total. The second kappa shape index (κ2) is 5.59. The zero-order valence-electron chi connectivity index (χ0n) is 8.93. The largest absolute Gasteiger partial charge is 0.207 e. The molecule has 0 aromatic heterocycles. The van der Waals surface area contributed by atoms with Gasteiger partial charge in [0.15, 0.2) is 0 Å². The Labute approximate surface area is 97.8 Å². The van der Waals surface area contributed by atoms with Gasteiger partial charge in [0.2, 0.25) is 0 Å². The summed E-state index contributed by atoms with van der Waals surface area (Å²) in [6, 6.07) is 3.78. The van der Waals surface area contributed by atoms with Gasteiger partial charge in [-0.15, -0.1) is 0 Å². The van der Waals surface area contributed by atoms with Crippen LogP contribution in [0, 0.1) is 17.6 Å². The highest BCUT2D eigenvalue weighted by molar-refractivity contribution is 9.09. The van der Waals surface area contributed by atoms with Crippen molar-refractivity contribution in [3.63, 3.8) is 0 Å². The summed E-state index contributed by atoms with van der Waals surface area (Å²) in [6.07, 6.45) is 1.64. The molecule has 3 heteroatoms. The summed E-state index contributed by atoms with van der Waals surface area (Å²) >= 11 is 3.46. The Hall–Kier alpha value is -0.440. The molecule has 15 heavy (non-hydrogen) atoms. The lowest BCUT2D eigenvalue weighted by atomic mass is 9.96. The molecule has 0 spiro atoms. The van der Waals surface area contributed by atoms with Gasteiger partial charge < -0.3 is 0 Å². The van der Waals surface area contributed by atoms with Gasteiger partial charge in [0, 0.05) is 10.9 Å². The van der Waals surface area contributed by atoms with E-state index >= 15 is 0 Å². The summed E-state index contributed by atoms with van der Waals surface area (Å²) in [7, 11) is 0. The Bertz CT molecular complexity index is 323. The fourth-order valence-corrected chi connectivity index (χ4v) is 2.34. The first kappa shape index (κ1) is 12.6. The molecule has 2 atom stereocenters. The standard InChI is InChI=1S/C12H15BrF2/c1-8(5-9(2)13)6-10-3-4-11(14)7-12(10)15/h3-4,7-9H,5-6H2,1-2H3. The summed E-state index contributed by atoms with van der Waals surface area (Å²) in [5.74, 6) is -0.568. The molecule has 0 saturated heterocycles. The highest BCUT2D eigenvalue weighted by atomic mass is 79.9. The van der Waals surface area contributed by atoms with Crippen molar-refractivity contribution in [2.24, 2.45) is 5.92 Å². The van der Waals surface area contributed by atoms with E-state index < -0.39 is 11.6 Å². The summed E-state index contributed by atoms with van der Waals surface area (Å²) < 4.78 is 25.9. The number of rotatable bonds is 4. The molecule has 0 bridgehead atoms. The van der Waals surface area contributed by atoms with E-state index in [1.807, 2.05) is 0 Å². The van der Waals surface area contributed by atoms with Crippen LogP contribution in [0.1, 0.15) is 25.8 Å². The second-order valence-electron chi connectivity index (χ2n) is 4.06. The lowest BCUT2D eigenvalue weighted by Gasteiger charge is -2.13. The van der Waals surface area contributed by atoms with Crippen molar-refractivity contribution in [2.75, 3.05) is 0 Å². The predicted octanol–water partition coefficient (Wildman–Crippen LogP) is 4.32. The van der Waals surface area contributed by atoms with E-state index in [1.54, 1.807) is 0 Å². The third-order valence-corrected chi connectivity index (χ3v) is 2.68. The molecule has 0 amide bonds. The molecule has 2 unspecified atom stereocenters. The first-order valence-electron chi connectivity index (χ1n) is 5.07. The average molecular weight is 277 g/mol. The van der Waals surface area contributed by atoms with Crippen LogP contribution in [0.3, 0.4) is 0 Å². The summed E-state index contributed by atoms with van der Waals surface area (Å²) in [4.78, 5) is 0.427. The molecular weight excluding hydrogens is 262 g/mol. The van der Waals surface area contributed by atoms with Crippen LogP contribution >= 0.6 is 15.9 Å². The molecule has 0 nitrogen and oxygen atoms in total. The van der Waals surface area contributed by atoms with E-state index in [1.165, 1.54) is 12.1 Å². The minimum Gasteiger partial charge on any atom is -0.207 e. The van der Waals surface area contributed by atoms with Crippen molar-refractivity contribution in [2.45, 2.75) is 31.5 Å². The maximum absolute atomic E-state index is 13.3. The number of hydrogen-bond donors (Lipinski definition) is 0. The Morgan fingerprint density at radius 2 is 1.93 bits per heavy atom. The van der Waals surface area contributed by atoms with Gasteiger partial charge in [-0.3, -0.25) is 0 Å². The number of hydrogen-bond acceptors (Lipinski definition) is 0. The molecular formula is C12H15BrF2. The van der Waals surface area contributed by atoms with Gasteiger partial charge in [-0.05, 0) is 30.4 Å². The minimum atomic E-state index is -0.516. The van der Waals surface area contributed by atoms with Crippen LogP contribution in [0.5, 0.6) is 0 Å². The zero-order chi connectivity index (χ0) is 11.4. The maximum Gasteiger partial charge on any atom is 0.129 e. The van der Waals surface area contributed by atoms with Crippen molar-refractivity contribution in [3.8, 4) is 0 Å². The van der Waals surface area contributed by atoms with Crippen LogP contribution in [-0.4, -0.2) is 4.83 Å². The third-order valence-electron chi connectivity index (χ3n) is 2.31. The molecule has 84 valence electrons. The summed E-state index contributed by atoms with van der Waals surface area (Å²) in [5, 5.41) is 0. The highest BCUT2D eigenvalue weighted by Gasteiger charge is 2.10. The molecule has 0 aliphatic carbocycles. The summed E-state index contributed by atoms with van der Waals surface area (Å²) in [6.45, 7) is 4.14. The molecule has 0 aliphatic heterocycles. The van der Waals surface area contributed by atoms with Crippen molar-refractivity contribution >= 4 is 15.9 Å². The van der Waals surface area contributed by atoms with Gasteiger partial charge in [0.25, 0.3) is 0 Å². The van der Waals surface area contributed by atoms with E-state index in [-0.39, 0.29) is 0 Å². The predicted molar refractivity (Wildman–Crippen MR) is 62.2 cm³/mol.